The Kier molecular flexibility index (Phi) is 5.95. The molecule has 1 aromatic rings. The van der Waals surface area contributed by atoms with Crippen LogP contribution in [0.2, 0.25) is 0 Å². The monoisotopic (exact) mass is 333 g/mol. The summed E-state index contributed by atoms with van der Waals surface area (Å²) in [5, 5.41) is 3.34. The molecule has 1 aliphatic rings. The van der Waals surface area contributed by atoms with Crippen LogP contribution in [0.4, 0.5) is 0 Å². The standard InChI is InChI=1S/C14H23NO2S3/c1-3-20(16,17)8-4-5-12(15-2)14-9-11-10-18-7-6-13(11)19-14/h9,12,15H,3-8,10H2,1-2H3. The summed E-state index contributed by atoms with van der Waals surface area (Å²) in [5.41, 5.74) is 1.49. The van der Waals surface area contributed by atoms with Crippen LogP contribution < -0.4 is 5.32 Å². The van der Waals surface area contributed by atoms with Crippen LogP contribution in [0, 0.1) is 0 Å². The highest BCUT2D eigenvalue weighted by molar-refractivity contribution is 7.98. The van der Waals surface area contributed by atoms with Gasteiger partial charge in [-0.05, 0) is 43.7 Å². The lowest BCUT2D eigenvalue weighted by Gasteiger charge is -2.14. The summed E-state index contributed by atoms with van der Waals surface area (Å²) < 4.78 is 23.1. The molecule has 0 bridgehead atoms. The second-order valence-electron chi connectivity index (χ2n) is 5.12. The van der Waals surface area contributed by atoms with Gasteiger partial charge in [-0.25, -0.2) is 8.42 Å². The van der Waals surface area contributed by atoms with E-state index in [0.717, 1.165) is 18.6 Å². The highest BCUT2D eigenvalue weighted by atomic mass is 32.2. The summed E-state index contributed by atoms with van der Waals surface area (Å²) in [7, 11) is -0.871. The summed E-state index contributed by atoms with van der Waals surface area (Å²) in [4.78, 5) is 2.90. The number of nitrogens with one attached hydrogen (secondary N) is 1. The fourth-order valence-corrected chi connectivity index (χ4v) is 5.84. The van der Waals surface area contributed by atoms with Gasteiger partial charge in [0.1, 0.15) is 9.84 Å². The quantitative estimate of drug-likeness (QED) is 0.833. The van der Waals surface area contributed by atoms with Gasteiger partial charge >= 0.3 is 0 Å². The molecule has 0 radical (unpaired) electrons. The second-order valence-corrected chi connectivity index (χ2v) is 9.87. The van der Waals surface area contributed by atoms with Crippen LogP contribution in [0.5, 0.6) is 0 Å². The number of fused-ring (bicyclic) bond motifs is 1. The number of hydrogen-bond donors (Lipinski definition) is 1. The average Bonchev–Trinajstić information content (AvgIpc) is 2.87. The van der Waals surface area contributed by atoms with Gasteiger partial charge in [-0.1, -0.05) is 6.92 Å². The van der Waals surface area contributed by atoms with Crippen LogP contribution in [-0.4, -0.2) is 32.7 Å². The summed E-state index contributed by atoms with van der Waals surface area (Å²) in [5.74, 6) is 2.92. The van der Waals surface area contributed by atoms with Crippen molar-refractivity contribution >= 4 is 32.9 Å². The maximum atomic E-state index is 11.5. The van der Waals surface area contributed by atoms with Crippen molar-refractivity contribution in [2.75, 3.05) is 24.3 Å². The predicted octanol–water partition coefficient (Wildman–Crippen LogP) is 3.01. The second kappa shape index (κ2) is 7.29. The third-order valence-corrected chi connectivity index (χ3v) is 7.88. The van der Waals surface area contributed by atoms with Gasteiger partial charge in [0.15, 0.2) is 0 Å². The van der Waals surface area contributed by atoms with Gasteiger partial charge in [0.2, 0.25) is 0 Å². The molecular formula is C14H23NO2S3. The van der Waals surface area contributed by atoms with Gasteiger partial charge in [-0.2, -0.15) is 11.8 Å². The normalized spacial score (nSPS) is 16.9. The van der Waals surface area contributed by atoms with Gasteiger partial charge < -0.3 is 5.32 Å². The molecule has 0 saturated heterocycles. The van der Waals surface area contributed by atoms with Crippen molar-refractivity contribution in [1.82, 2.24) is 5.32 Å². The summed E-state index contributed by atoms with van der Waals surface area (Å²) >= 11 is 3.91. The van der Waals surface area contributed by atoms with E-state index in [-0.39, 0.29) is 5.75 Å². The lowest BCUT2D eigenvalue weighted by atomic mass is 10.1. The first-order valence-electron chi connectivity index (χ1n) is 7.12. The topological polar surface area (TPSA) is 46.2 Å². The average molecular weight is 334 g/mol. The Labute approximate surface area is 130 Å². The van der Waals surface area contributed by atoms with E-state index in [9.17, 15) is 8.42 Å². The highest BCUT2D eigenvalue weighted by Crippen LogP contribution is 2.35. The molecular weight excluding hydrogens is 310 g/mol. The molecule has 0 saturated carbocycles. The van der Waals surface area contributed by atoms with E-state index < -0.39 is 9.84 Å². The van der Waals surface area contributed by atoms with Crippen LogP contribution in [0.1, 0.15) is 41.1 Å². The Hall–Kier alpha value is -0.0400. The van der Waals surface area contributed by atoms with Gasteiger partial charge in [0.25, 0.3) is 0 Å². The van der Waals surface area contributed by atoms with E-state index in [4.69, 9.17) is 0 Å². The molecule has 0 aliphatic carbocycles. The van der Waals surface area contributed by atoms with E-state index in [2.05, 4.69) is 11.4 Å². The van der Waals surface area contributed by atoms with E-state index in [1.165, 1.54) is 27.5 Å². The maximum Gasteiger partial charge on any atom is 0.150 e. The van der Waals surface area contributed by atoms with Crippen LogP contribution >= 0.6 is 23.1 Å². The van der Waals surface area contributed by atoms with Gasteiger partial charge in [0, 0.05) is 27.3 Å². The molecule has 1 atom stereocenters. The minimum Gasteiger partial charge on any atom is -0.312 e. The van der Waals surface area contributed by atoms with E-state index in [1.807, 2.05) is 30.1 Å². The predicted molar refractivity (Wildman–Crippen MR) is 89.5 cm³/mol. The van der Waals surface area contributed by atoms with Crippen molar-refractivity contribution < 1.29 is 8.42 Å². The first-order chi connectivity index (χ1) is 9.55. The molecule has 114 valence electrons. The fourth-order valence-electron chi connectivity index (χ4n) is 2.42. The zero-order chi connectivity index (χ0) is 14.6. The smallest absolute Gasteiger partial charge is 0.150 e. The van der Waals surface area contributed by atoms with Crippen molar-refractivity contribution in [3.05, 3.63) is 21.4 Å². The van der Waals surface area contributed by atoms with Crippen LogP contribution in [0.25, 0.3) is 0 Å². The molecule has 3 nitrogen and oxygen atoms in total. The van der Waals surface area contributed by atoms with Crippen molar-refractivity contribution in [2.45, 2.75) is 38.0 Å². The largest absolute Gasteiger partial charge is 0.312 e. The Morgan fingerprint density at radius 1 is 1.45 bits per heavy atom. The first-order valence-corrected chi connectivity index (χ1v) is 10.9. The van der Waals surface area contributed by atoms with Crippen molar-refractivity contribution in [3.8, 4) is 0 Å². The lowest BCUT2D eigenvalue weighted by molar-refractivity contribution is 0.542. The molecule has 0 amide bonds. The Balaban J connectivity index is 1.96. The zero-order valence-electron chi connectivity index (χ0n) is 12.1. The van der Waals surface area contributed by atoms with E-state index >= 15 is 0 Å². The van der Waals surface area contributed by atoms with E-state index in [0.29, 0.717) is 11.8 Å². The van der Waals surface area contributed by atoms with E-state index in [1.54, 1.807) is 6.92 Å². The molecule has 1 aliphatic heterocycles. The number of thioether (sulfide) groups is 1. The molecule has 2 rings (SSSR count). The van der Waals surface area contributed by atoms with Gasteiger partial charge in [-0.15, -0.1) is 11.3 Å². The number of sulfone groups is 1. The molecule has 0 fully saturated rings. The minimum atomic E-state index is -2.84. The van der Waals surface area contributed by atoms with Crippen LogP contribution in [-0.2, 0) is 22.0 Å². The SMILES string of the molecule is CCS(=O)(=O)CCCC(NC)c1cc2c(s1)CCSC2. The van der Waals surface area contributed by atoms with Gasteiger partial charge in [-0.3, -0.25) is 0 Å². The lowest BCUT2D eigenvalue weighted by Crippen LogP contribution is -2.17. The van der Waals surface area contributed by atoms with Gasteiger partial charge in [0.05, 0.1) is 5.75 Å². The Morgan fingerprint density at radius 2 is 2.25 bits per heavy atom. The number of hydrogen-bond acceptors (Lipinski definition) is 5. The molecule has 1 aromatic heterocycles. The van der Waals surface area contributed by atoms with Crippen molar-refractivity contribution in [2.24, 2.45) is 0 Å². The molecule has 6 heteroatoms. The Morgan fingerprint density at radius 3 is 2.90 bits per heavy atom. The number of rotatable bonds is 7. The number of thiophene rings is 1. The molecule has 0 spiro atoms. The Bertz CT molecular complexity index is 513. The van der Waals surface area contributed by atoms with Crippen LogP contribution in [0.15, 0.2) is 6.07 Å². The first kappa shape index (κ1) is 16.3. The number of aryl methyl sites for hydroxylation is 1. The molecule has 20 heavy (non-hydrogen) atoms. The molecule has 1 N–H and O–H groups in total. The fraction of sp³-hybridized carbons (Fsp3) is 0.714. The minimum absolute atomic E-state index is 0.252. The summed E-state index contributed by atoms with van der Waals surface area (Å²) in [6, 6.07) is 2.62. The zero-order valence-corrected chi connectivity index (χ0v) is 14.6. The third-order valence-electron chi connectivity index (χ3n) is 3.73. The van der Waals surface area contributed by atoms with Crippen molar-refractivity contribution in [3.63, 3.8) is 0 Å². The third kappa shape index (κ3) is 4.23. The van der Waals surface area contributed by atoms with Crippen LogP contribution in [0.3, 0.4) is 0 Å². The summed E-state index contributed by atoms with van der Waals surface area (Å²) in [6.45, 7) is 1.72. The molecule has 1 unspecified atom stereocenters. The van der Waals surface area contributed by atoms with Crippen molar-refractivity contribution in [1.29, 1.82) is 0 Å². The molecule has 2 heterocycles. The molecule has 0 aromatic carbocycles. The highest BCUT2D eigenvalue weighted by Gasteiger charge is 2.19. The summed E-state index contributed by atoms with van der Waals surface area (Å²) in [6.07, 6.45) is 2.81. The maximum absolute atomic E-state index is 11.5.